The molecule has 0 saturated heterocycles. The maximum atomic E-state index is 13.1. The molecule has 0 saturated carbocycles. The molecule has 0 bridgehead atoms. The number of anilines is 1. The van der Waals surface area contributed by atoms with Gasteiger partial charge in [0.05, 0.1) is 0 Å². The van der Waals surface area contributed by atoms with Crippen molar-refractivity contribution in [3.63, 3.8) is 0 Å². The van der Waals surface area contributed by atoms with E-state index in [2.05, 4.69) is 31.1 Å². The summed E-state index contributed by atoms with van der Waals surface area (Å²) in [4.78, 5) is 4.41. The molecule has 0 unspecified atom stereocenters. The molecular weight excluding hydrogens is 406 g/mol. The number of nitrogens with zero attached hydrogens (tertiary/aromatic N) is 1. The summed E-state index contributed by atoms with van der Waals surface area (Å²) in [5.41, 5.74) is 2.80. The van der Waals surface area contributed by atoms with E-state index in [9.17, 15) is 8.96 Å². The zero-order valence-electron chi connectivity index (χ0n) is 17.7. The fourth-order valence-electron chi connectivity index (χ4n) is 2.88. The minimum atomic E-state index is -3.66. The van der Waals surface area contributed by atoms with Crippen LogP contribution in [0.4, 0.5) is 10.3 Å². The monoisotopic (exact) mass is 432 g/mol. The van der Waals surface area contributed by atoms with E-state index >= 15 is 0 Å². The number of rotatable bonds is 7. The largest absolute Gasteiger partial charge is 0.420 e. The Kier molecular flexibility index (Phi) is 6.46. The van der Waals surface area contributed by atoms with Crippen molar-refractivity contribution in [1.82, 2.24) is 4.98 Å². The second-order valence-electron chi connectivity index (χ2n) is 7.84. The smallest absolute Gasteiger partial charge is 0.384 e. The van der Waals surface area contributed by atoms with E-state index in [-0.39, 0.29) is 22.6 Å². The summed E-state index contributed by atoms with van der Waals surface area (Å²) in [7, 11) is -1.08. The van der Waals surface area contributed by atoms with Crippen LogP contribution in [-0.4, -0.2) is 19.2 Å². The molecule has 160 valence electrons. The van der Waals surface area contributed by atoms with Gasteiger partial charge in [-0.1, -0.05) is 45.0 Å². The molecule has 0 amide bonds. The molecule has 2 aromatic carbocycles. The zero-order chi connectivity index (χ0) is 21.9. The van der Waals surface area contributed by atoms with Crippen LogP contribution in [0.5, 0.6) is 0 Å². The predicted octanol–water partition coefficient (Wildman–Crippen LogP) is 5.50. The molecule has 30 heavy (non-hydrogen) atoms. The van der Waals surface area contributed by atoms with E-state index in [1.165, 1.54) is 31.9 Å². The van der Waals surface area contributed by atoms with Gasteiger partial charge in [-0.2, -0.15) is 4.98 Å². The van der Waals surface area contributed by atoms with Gasteiger partial charge in [-0.25, -0.2) is 4.39 Å². The first-order chi connectivity index (χ1) is 14.2. The minimum absolute atomic E-state index is 0.0178. The molecule has 1 aromatic heterocycles. The number of hydrogen-bond donors (Lipinski definition) is 1. The number of hydrogen-bond acceptors (Lipinski definition) is 6. The Bertz CT molecular complexity index is 1030. The summed E-state index contributed by atoms with van der Waals surface area (Å²) in [6, 6.07) is 13.9. The van der Waals surface area contributed by atoms with Crippen molar-refractivity contribution in [1.29, 1.82) is 0 Å². The van der Waals surface area contributed by atoms with Crippen LogP contribution in [0.25, 0.3) is 11.5 Å². The Morgan fingerprint density at radius 1 is 1.03 bits per heavy atom. The Morgan fingerprint density at radius 2 is 1.63 bits per heavy atom. The van der Waals surface area contributed by atoms with Gasteiger partial charge in [-0.05, 0) is 40.8 Å². The maximum Gasteiger partial charge on any atom is 0.384 e. The molecular formula is C22H26FN2O4P. The number of halogens is 1. The van der Waals surface area contributed by atoms with Crippen molar-refractivity contribution in [2.45, 2.75) is 32.7 Å². The number of aromatic nitrogens is 1. The molecule has 0 spiro atoms. The van der Waals surface area contributed by atoms with Gasteiger partial charge in [0, 0.05) is 26.3 Å². The van der Waals surface area contributed by atoms with E-state index in [0.717, 1.165) is 11.1 Å². The normalized spacial score (nSPS) is 12.2. The Hall–Kier alpha value is -2.47. The maximum absolute atomic E-state index is 13.1. The number of oxazole rings is 1. The van der Waals surface area contributed by atoms with E-state index in [4.69, 9.17) is 13.5 Å². The molecule has 0 fully saturated rings. The van der Waals surface area contributed by atoms with Crippen LogP contribution in [0, 0.1) is 5.82 Å². The van der Waals surface area contributed by atoms with E-state index in [1.54, 1.807) is 12.1 Å². The quantitative estimate of drug-likeness (QED) is 0.497. The number of benzene rings is 2. The van der Waals surface area contributed by atoms with Gasteiger partial charge in [0.15, 0.2) is 0 Å². The molecule has 0 aliphatic heterocycles. The Labute approximate surface area is 176 Å². The van der Waals surface area contributed by atoms with Crippen molar-refractivity contribution in [3.8, 4) is 11.5 Å². The Balaban J connectivity index is 1.95. The fourth-order valence-corrected chi connectivity index (χ4v) is 3.96. The summed E-state index contributed by atoms with van der Waals surface area (Å²) in [5.74, 6) is 0.158. The first kappa shape index (κ1) is 22.2. The highest BCUT2D eigenvalue weighted by Crippen LogP contribution is 2.47. The van der Waals surface area contributed by atoms with Gasteiger partial charge < -0.3 is 18.8 Å². The SMILES string of the molecule is COP(=O)(OC)c1nc(-c2ccc(C(C)(C)C)cc2)oc1NCc1ccc(F)cc1. The second kappa shape index (κ2) is 8.72. The van der Waals surface area contributed by atoms with Gasteiger partial charge in [0.2, 0.25) is 17.2 Å². The van der Waals surface area contributed by atoms with Crippen LogP contribution in [0.3, 0.4) is 0 Å². The highest BCUT2D eigenvalue weighted by Gasteiger charge is 2.34. The van der Waals surface area contributed by atoms with E-state index < -0.39 is 7.60 Å². The van der Waals surface area contributed by atoms with E-state index in [1.807, 2.05) is 24.3 Å². The first-order valence-corrected chi connectivity index (χ1v) is 11.0. The lowest BCUT2D eigenvalue weighted by molar-refractivity contribution is 0.286. The standard InChI is InChI=1S/C22H26FN2O4P/c1-22(2,3)17-10-8-16(9-11-17)19-25-21(30(26,27-4)28-5)20(29-19)24-14-15-6-12-18(23)13-7-15/h6-13,24H,14H2,1-5H3. The summed E-state index contributed by atoms with van der Waals surface area (Å²) in [6.07, 6.45) is 0. The number of nitrogens with one attached hydrogen (secondary N) is 1. The highest BCUT2D eigenvalue weighted by molar-refractivity contribution is 7.62. The summed E-state index contributed by atoms with van der Waals surface area (Å²) in [6.45, 7) is 6.72. The molecule has 0 radical (unpaired) electrons. The van der Waals surface area contributed by atoms with Gasteiger partial charge in [0.1, 0.15) is 5.82 Å². The van der Waals surface area contributed by atoms with Crippen LogP contribution < -0.4 is 10.8 Å². The third-order valence-electron chi connectivity index (χ3n) is 4.71. The van der Waals surface area contributed by atoms with Crippen molar-refractivity contribution < 1.29 is 22.4 Å². The van der Waals surface area contributed by atoms with Crippen molar-refractivity contribution in [3.05, 3.63) is 65.5 Å². The lowest BCUT2D eigenvalue weighted by atomic mass is 9.87. The van der Waals surface area contributed by atoms with Crippen LogP contribution in [-0.2, 0) is 25.6 Å². The molecule has 6 nitrogen and oxygen atoms in total. The lowest BCUT2D eigenvalue weighted by Crippen LogP contribution is -2.14. The molecule has 1 heterocycles. The van der Waals surface area contributed by atoms with Gasteiger partial charge in [0.25, 0.3) is 0 Å². The van der Waals surface area contributed by atoms with Gasteiger partial charge >= 0.3 is 7.60 Å². The Morgan fingerprint density at radius 3 is 2.17 bits per heavy atom. The predicted molar refractivity (Wildman–Crippen MR) is 116 cm³/mol. The van der Waals surface area contributed by atoms with Crippen LogP contribution >= 0.6 is 7.60 Å². The first-order valence-electron chi connectivity index (χ1n) is 9.48. The van der Waals surface area contributed by atoms with Crippen molar-refractivity contribution in [2.24, 2.45) is 0 Å². The van der Waals surface area contributed by atoms with Crippen LogP contribution in [0.1, 0.15) is 31.9 Å². The molecule has 1 N–H and O–H groups in total. The molecule has 0 aliphatic carbocycles. The lowest BCUT2D eigenvalue weighted by Gasteiger charge is -2.18. The average molecular weight is 432 g/mol. The van der Waals surface area contributed by atoms with Crippen molar-refractivity contribution in [2.75, 3.05) is 19.5 Å². The second-order valence-corrected chi connectivity index (χ2v) is 9.99. The summed E-state index contributed by atoms with van der Waals surface area (Å²) < 4.78 is 42.3. The molecule has 0 atom stereocenters. The van der Waals surface area contributed by atoms with E-state index in [0.29, 0.717) is 12.4 Å². The third-order valence-corrected chi connectivity index (χ3v) is 6.50. The molecule has 3 rings (SSSR count). The molecule has 8 heteroatoms. The van der Waals surface area contributed by atoms with Crippen LogP contribution in [0.2, 0.25) is 0 Å². The molecule has 0 aliphatic rings. The zero-order valence-corrected chi connectivity index (χ0v) is 18.6. The summed E-state index contributed by atoms with van der Waals surface area (Å²) >= 11 is 0. The van der Waals surface area contributed by atoms with Gasteiger partial charge in [-0.15, -0.1) is 0 Å². The molecule has 3 aromatic rings. The average Bonchev–Trinajstić information content (AvgIpc) is 3.17. The topological polar surface area (TPSA) is 73.6 Å². The van der Waals surface area contributed by atoms with Crippen LogP contribution in [0.15, 0.2) is 52.9 Å². The third kappa shape index (κ3) is 4.81. The van der Waals surface area contributed by atoms with Gasteiger partial charge in [-0.3, -0.25) is 4.57 Å². The minimum Gasteiger partial charge on any atom is -0.420 e. The van der Waals surface area contributed by atoms with Crippen molar-refractivity contribution >= 4 is 18.9 Å². The summed E-state index contributed by atoms with van der Waals surface area (Å²) in [5, 5.41) is 3.07. The highest BCUT2D eigenvalue weighted by atomic mass is 31.2. The fraction of sp³-hybridized carbons (Fsp3) is 0.318.